The number of rotatable bonds is 2. The van der Waals surface area contributed by atoms with E-state index in [1.165, 1.54) is 12.1 Å². The van der Waals surface area contributed by atoms with E-state index in [-0.39, 0.29) is 5.56 Å². The molecule has 3 aromatic rings. The number of pyridine rings is 1. The number of halogens is 2. The first-order valence-electron chi connectivity index (χ1n) is 6.13. The largest absolute Gasteiger partial charge is 0.384 e. The van der Waals surface area contributed by atoms with Gasteiger partial charge in [-0.1, -0.05) is 35.9 Å². The Morgan fingerprint density at radius 2 is 1.90 bits per heavy atom. The molecule has 0 amide bonds. The van der Waals surface area contributed by atoms with Gasteiger partial charge >= 0.3 is 0 Å². The van der Waals surface area contributed by atoms with Crippen LogP contribution in [0.3, 0.4) is 0 Å². The van der Waals surface area contributed by atoms with Crippen LogP contribution < -0.4 is 0 Å². The van der Waals surface area contributed by atoms with Crippen molar-refractivity contribution in [2.75, 3.05) is 0 Å². The summed E-state index contributed by atoms with van der Waals surface area (Å²) in [5, 5.41) is 11.6. The maximum Gasteiger partial charge on any atom is 0.130 e. The second kappa shape index (κ2) is 5.19. The Hall–Kier alpha value is -1.97. The molecular weight excluding hydrogens is 277 g/mol. The Bertz CT molecular complexity index is 770. The van der Waals surface area contributed by atoms with Crippen LogP contribution in [0.15, 0.2) is 54.7 Å². The van der Waals surface area contributed by atoms with E-state index in [2.05, 4.69) is 4.98 Å². The fourth-order valence-electron chi connectivity index (χ4n) is 2.26. The Labute approximate surface area is 120 Å². The van der Waals surface area contributed by atoms with Gasteiger partial charge in [0.2, 0.25) is 0 Å². The molecule has 0 saturated carbocycles. The molecule has 0 bridgehead atoms. The highest BCUT2D eigenvalue weighted by atomic mass is 35.5. The summed E-state index contributed by atoms with van der Waals surface area (Å²) in [5.74, 6) is -0.522. The number of aliphatic hydroxyl groups excluding tert-OH is 1. The third-order valence-corrected chi connectivity index (χ3v) is 3.47. The Balaban J connectivity index is 2.15. The van der Waals surface area contributed by atoms with Gasteiger partial charge in [0, 0.05) is 22.2 Å². The fourth-order valence-corrected chi connectivity index (χ4v) is 2.42. The Kier molecular flexibility index (Phi) is 3.38. The molecule has 1 atom stereocenters. The minimum atomic E-state index is -1.06. The van der Waals surface area contributed by atoms with Crippen LogP contribution in [0, 0.1) is 5.82 Å². The van der Waals surface area contributed by atoms with Gasteiger partial charge in [-0.05, 0) is 29.8 Å². The molecule has 0 aliphatic carbocycles. The van der Waals surface area contributed by atoms with Gasteiger partial charge in [0.15, 0.2) is 0 Å². The van der Waals surface area contributed by atoms with E-state index in [9.17, 15) is 9.50 Å². The van der Waals surface area contributed by atoms with Crippen LogP contribution >= 0.6 is 11.6 Å². The standard InChI is InChI=1S/C16H11ClFNO/c17-10-6-7-13(14(18)9-10)16(20)12-3-1-5-15-11(12)4-2-8-19-15/h1-9,16,20H. The molecule has 0 fully saturated rings. The van der Waals surface area contributed by atoms with E-state index in [1.54, 1.807) is 30.5 Å². The molecule has 1 N–H and O–H groups in total. The second-order valence-corrected chi connectivity index (χ2v) is 4.92. The number of aromatic nitrogens is 1. The maximum absolute atomic E-state index is 13.9. The summed E-state index contributed by atoms with van der Waals surface area (Å²) in [6.45, 7) is 0. The SMILES string of the molecule is OC(c1ccc(Cl)cc1F)c1cccc2ncccc12. The van der Waals surface area contributed by atoms with Gasteiger partial charge in [-0.25, -0.2) is 4.39 Å². The average molecular weight is 288 g/mol. The van der Waals surface area contributed by atoms with Crippen LogP contribution in [-0.2, 0) is 0 Å². The topological polar surface area (TPSA) is 33.1 Å². The van der Waals surface area contributed by atoms with Crippen LogP contribution in [0.4, 0.5) is 4.39 Å². The van der Waals surface area contributed by atoms with Gasteiger partial charge in [0.05, 0.1) is 5.52 Å². The van der Waals surface area contributed by atoms with E-state index < -0.39 is 11.9 Å². The zero-order chi connectivity index (χ0) is 14.1. The highest BCUT2D eigenvalue weighted by Gasteiger charge is 2.17. The van der Waals surface area contributed by atoms with Gasteiger partial charge in [-0.2, -0.15) is 0 Å². The van der Waals surface area contributed by atoms with E-state index in [1.807, 2.05) is 12.1 Å². The van der Waals surface area contributed by atoms with Crippen molar-refractivity contribution in [1.29, 1.82) is 0 Å². The van der Waals surface area contributed by atoms with Crippen LogP contribution in [-0.4, -0.2) is 10.1 Å². The summed E-state index contributed by atoms with van der Waals surface area (Å²) in [5.41, 5.74) is 1.58. The lowest BCUT2D eigenvalue weighted by Gasteiger charge is -2.14. The van der Waals surface area contributed by atoms with Crippen molar-refractivity contribution in [2.45, 2.75) is 6.10 Å². The smallest absolute Gasteiger partial charge is 0.130 e. The molecule has 0 aliphatic heterocycles. The molecule has 0 radical (unpaired) electrons. The van der Waals surface area contributed by atoms with Gasteiger partial charge in [-0.15, -0.1) is 0 Å². The van der Waals surface area contributed by atoms with Gasteiger partial charge in [-0.3, -0.25) is 4.98 Å². The zero-order valence-electron chi connectivity index (χ0n) is 10.4. The van der Waals surface area contributed by atoms with Crippen LogP contribution in [0.1, 0.15) is 17.2 Å². The highest BCUT2D eigenvalue weighted by Crippen LogP contribution is 2.30. The fraction of sp³-hybridized carbons (Fsp3) is 0.0625. The molecular formula is C16H11ClFNO. The predicted octanol–water partition coefficient (Wildman–Crippen LogP) is 4.11. The number of hydrogen-bond donors (Lipinski definition) is 1. The summed E-state index contributed by atoms with van der Waals surface area (Å²) in [6, 6.07) is 13.3. The molecule has 100 valence electrons. The quantitative estimate of drug-likeness (QED) is 0.769. The molecule has 2 aromatic carbocycles. The number of fused-ring (bicyclic) bond motifs is 1. The highest BCUT2D eigenvalue weighted by molar-refractivity contribution is 6.30. The van der Waals surface area contributed by atoms with Crippen molar-refractivity contribution in [3.63, 3.8) is 0 Å². The first-order valence-corrected chi connectivity index (χ1v) is 6.51. The number of aliphatic hydroxyl groups is 1. The third kappa shape index (κ3) is 2.26. The molecule has 1 heterocycles. The lowest BCUT2D eigenvalue weighted by molar-refractivity contribution is 0.216. The van der Waals surface area contributed by atoms with Gasteiger partial charge in [0.25, 0.3) is 0 Å². The normalized spacial score (nSPS) is 12.6. The molecule has 20 heavy (non-hydrogen) atoms. The predicted molar refractivity (Wildman–Crippen MR) is 77.2 cm³/mol. The minimum Gasteiger partial charge on any atom is -0.384 e. The molecule has 0 aliphatic rings. The monoisotopic (exact) mass is 287 g/mol. The molecule has 0 spiro atoms. The number of nitrogens with zero attached hydrogens (tertiary/aromatic N) is 1. The molecule has 2 nitrogen and oxygen atoms in total. The molecule has 1 unspecified atom stereocenters. The summed E-state index contributed by atoms with van der Waals surface area (Å²) < 4.78 is 13.9. The van der Waals surface area contributed by atoms with Crippen molar-refractivity contribution in [2.24, 2.45) is 0 Å². The second-order valence-electron chi connectivity index (χ2n) is 4.49. The molecule has 1 aromatic heterocycles. The first-order chi connectivity index (χ1) is 9.66. The summed E-state index contributed by atoms with van der Waals surface area (Å²) in [4.78, 5) is 4.23. The van der Waals surface area contributed by atoms with Gasteiger partial charge < -0.3 is 5.11 Å². The van der Waals surface area contributed by atoms with Crippen LogP contribution in [0.2, 0.25) is 5.02 Å². The molecule has 0 saturated heterocycles. The first kappa shape index (κ1) is 13.0. The third-order valence-electron chi connectivity index (χ3n) is 3.23. The number of benzene rings is 2. The van der Waals surface area contributed by atoms with Crippen molar-refractivity contribution in [1.82, 2.24) is 4.98 Å². The average Bonchev–Trinajstić information content (AvgIpc) is 2.46. The van der Waals surface area contributed by atoms with Crippen molar-refractivity contribution in [3.05, 3.63) is 76.7 Å². The number of hydrogen-bond acceptors (Lipinski definition) is 2. The summed E-state index contributed by atoms with van der Waals surface area (Å²) in [6.07, 6.45) is 0.627. The van der Waals surface area contributed by atoms with E-state index in [4.69, 9.17) is 11.6 Å². The molecule has 3 rings (SSSR count). The van der Waals surface area contributed by atoms with Crippen molar-refractivity contribution < 1.29 is 9.50 Å². The molecule has 4 heteroatoms. The van der Waals surface area contributed by atoms with Crippen LogP contribution in [0.5, 0.6) is 0 Å². The van der Waals surface area contributed by atoms with E-state index in [0.29, 0.717) is 10.6 Å². The lowest BCUT2D eigenvalue weighted by Crippen LogP contribution is -2.03. The van der Waals surface area contributed by atoms with Crippen molar-refractivity contribution in [3.8, 4) is 0 Å². The lowest BCUT2D eigenvalue weighted by atomic mass is 9.97. The van der Waals surface area contributed by atoms with E-state index >= 15 is 0 Å². The summed E-state index contributed by atoms with van der Waals surface area (Å²) >= 11 is 5.73. The Morgan fingerprint density at radius 1 is 1.05 bits per heavy atom. The Morgan fingerprint density at radius 3 is 2.70 bits per heavy atom. The zero-order valence-corrected chi connectivity index (χ0v) is 11.2. The maximum atomic E-state index is 13.9. The summed E-state index contributed by atoms with van der Waals surface area (Å²) in [7, 11) is 0. The van der Waals surface area contributed by atoms with Crippen LogP contribution in [0.25, 0.3) is 10.9 Å². The van der Waals surface area contributed by atoms with E-state index in [0.717, 1.165) is 10.9 Å². The van der Waals surface area contributed by atoms with Gasteiger partial charge in [0.1, 0.15) is 11.9 Å². The minimum absolute atomic E-state index is 0.200. The van der Waals surface area contributed by atoms with Crippen molar-refractivity contribution >= 4 is 22.5 Å².